The van der Waals surface area contributed by atoms with Gasteiger partial charge in [-0.1, -0.05) is 18.2 Å². The first-order valence-electron chi connectivity index (χ1n) is 7.22. The van der Waals surface area contributed by atoms with E-state index in [1.54, 1.807) is 36.3 Å². The van der Waals surface area contributed by atoms with Crippen LogP contribution in [0.3, 0.4) is 0 Å². The van der Waals surface area contributed by atoms with Crippen molar-refractivity contribution in [3.05, 3.63) is 72.6 Å². The zero-order chi connectivity index (χ0) is 16.8. The third-order valence-corrected chi connectivity index (χ3v) is 3.95. The molecule has 0 saturated heterocycles. The second kappa shape index (κ2) is 7.67. The van der Waals surface area contributed by atoms with E-state index in [0.29, 0.717) is 11.3 Å². The zero-order valence-electron chi connectivity index (χ0n) is 13.0. The molecule has 3 rings (SSSR count). The first-order valence-corrected chi connectivity index (χ1v) is 8.04. The van der Waals surface area contributed by atoms with Crippen molar-refractivity contribution in [1.82, 2.24) is 20.0 Å². The van der Waals surface area contributed by atoms with E-state index in [0.717, 1.165) is 10.6 Å². The van der Waals surface area contributed by atoms with E-state index in [-0.39, 0.29) is 5.91 Å². The third-order valence-electron chi connectivity index (χ3n) is 3.23. The molecule has 2 N–H and O–H groups in total. The van der Waals surface area contributed by atoms with E-state index < -0.39 is 0 Å². The lowest BCUT2D eigenvalue weighted by atomic mass is 10.2. The number of carbonyl (C=O) groups excluding carboxylic acids is 1. The van der Waals surface area contributed by atoms with Gasteiger partial charge in [-0.15, -0.1) is 0 Å². The summed E-state index contributed by atoms with van der Waals surface area (Å²) in [6, 6.07) is 16.8. The number of carbonyl (C=O) groups is 1. The molecule has 0 fully saturated rings. The van der Waals surface area contributed by atoms with Crippen molar-refractivity contribution in [2.45, 2.75) is 4.90 Å². The van der Waals surface area contributed by atoms with Crippen LogP contribution >= 0.6 is 11.9 Å². The van der Waals surface area contributed by atoms with Gasteiger partial charge in [0.2, 0.25) is 0 Å². The molecule has 1 amide bonds. The number of ether oxygens (including phenoxy) is 1. The number of hydrazine groups is 1. The van der Waals surface area contributed by atoms with Gasteiger partial charge in [-0.05, 0) is 42.3 Å². The van der Waals surface area contributed by atoms with Gasteiger partial charge in [-0.25, -0.2) is 4.68 Å². The minimum atomic E-state index is -0.259. The van der Waals surface area contributed by atoms with E-state index in [9.17, 15) is 4.79 Å². The number of hydrogen-bond donors (Lipinski definition) is 2. The summed E-state index contributed by atoms with van der Waals surface area (Å²) in [5.74, 6) is 0.328. The summed E-state index contributed by atoms with van der Waals surface area (Å²) in [6.07, 6.45) is 3.48. The van der Waals surface area contributed by atoms with Gasteiger partial charge in [-0.3, -0.25) is 10.2 Å². The molecule has 6 nitrogen and oxygen atoms in total. The Morgan fingerprint density at radius 2 is 2.00 bits per heavy atom. The van der Waals surface area contributed by atoms with Crippen molar-refractivity contribution in [2.75, 3.05) is 7.11 Å². The van der Waals surface area contributed by atoms with Gasteiger partial charge < -0.3 is 4.74 Å². The number of nitrogens with zero attached hydrogens (tertiary/aromatic N) is 2. The number of benzene rings is 2. The van der Waals surface area contributed by atoms with Gasteiger partial charge in [0, 0.05) is 28.9 Å². The summed E-state index contributed by atoms with van der Waals surface area (Å²) in [7, 11) is 1.56. The van der Waals surface area contributed by atoms with Crippen LogP contribution in [0.5, 0.6) is 5.75 Å². The zero-order valence-corrected chi connectivity index (χ0v) is 13.8. The molecule has 2 aromatic carbocycles. The summed E-state index contributed by atoms with van der Waals surface area (Å²) < 4.78 is 6.94. The third kappa shape index (κ3) is 3.95. The SMILES string of the molecule is COc1cc(C(=O)NNSc2ccccc2)cc(-n2cccn2)c1. The lowest BCUT2D eigenvalue weighted by Crippen LogP contribution is -2.32. The van der Waals surface area contributed by atoms with Crippen molar-refractivity contribution < 1.29 is 9.53 Å². The quantitative estimate of drug-likeness (QED) is 0.533. The smallest absolute Gasteiger partial charge is 0.266 e. The van der Waals surface area contributed by atoms with Gasteiger partial charge in [0.05, 0.1) is 12.8 Å². The molecular formula is C17H16N4O2S. The summed E-state index contributed by atoms with van der Waals surface area (Å²) in [4.78, 5) is 16.2. The maximum absolute atomic E-state index is 12.4. The Morgan fingerprint density at radius 3 is 2.71 bits per heavy atom. The van der Waals surface area contributed by atoms with Crippen molar-refractivity contribution in [3.8, 4) is 11.4 Å². The van der Waals surface area contributed by atoms with E-state index in [1.165, 1.54) is 11.9 Å². The van der Waals surface area contributed by atoms with Crippen LogP contribution in [0.25, 0.3) is 5.69 Å². The van der Waals surface area contributed by atoms with Crippen molar-refractivity contribution >= 4 is 17.9 Å². The number of rotatable bonds is 6. The molecular weight excluding hydrogens is 324 g/mol. The average molecular weight is 340 g/mol. The van der Waals surface area contributed by atoms with E-state index in [2.05, 4.69) is 15.4 Å². The first kappa shape index (κ1) is 16.1. The predicted molar refractivity (Wildman–Crippen MR) is 93.0 cm³/mol. The molecule has 0 aliphatic rings. The van der Waals surface area contributed by atoms with Crippen LogP contribution in [-0.4, -0.2) is 22.8 Å². The minimum Gasteiger partial charge on any atom is -0.497 e. The Labute approximate surface area is 143 Å². The van der Waals surface area contributed by atoms with Crippen LogP contribution < -0.4 is 15.0 Å². The van der Waals surface area contributed by atoms with Crippen LogP contribution in [0, 0.1) is 0 Å². The average Bonchev–Trinajstić information content (AvgIpc) is 3.17. The Balaban J connectivity index is 1.71. The van der Waals surface area contributed by atoms with Crippen molar-refractivity contribution in [1.29, 1.82) is 0 Å². The van der Waals surface area contributed by atoms with E-state index >= 15 is 0 Å². The fraction of sp³-hybridized carbons (Fsp3) is 0.0588. The molecule has 0 atom stereocenters. The van der Waals surface area contributed by atoms with Crippen molar-refractivity contribution in [2.24, 2.45) is 0 Å². The van der Waals surface area contributed by atoms with Gasteiger partial charge in [0.15, 0.2) is 0 Å². The molecule has 7 heteroatoms. The number of amides is 1. The first-order chi connectivity index (χ1) is 11.8. The topological polar surface area (TPSA) is 68.2 Å². The number of nitrogens with one attached hydrogen (secondary N) is 2. The molecule has 1 heterocycles. The van der Waals surface area contributed by atoms with Gasteiger partial charge in [-0.2, -0.15) is 9.93 Å². The fourth-order valence-electron chi connectivity index (χ4n) is 2.08. The number of methoxy groups -OCH3 is 1. The lowest BCUT2D eigenvalue weighted by Gasteiger charge is -2.10. The molecule has 3 aromatic rings. The molecule has 24 heavy (non-hydrogen) atoms. The maximum atomic E-state index is 12.4. The van der Waals surface area contributed by atoms with Gasteiger partial charge in [0.1, 0.15) is 5.75 Å². The maximum Gasteiger partial charge on any atom is 0.266 e. The number of hydrogen-bond acceptors (Lipinski definition) is 5. The highest BCUT2D eigenvalue weighted by Gasteiger charge is 2.10. The van der Waals surface area contributed by atoms with Gasteiger partial charge >= 0.3 is 0 Å². The molecule has 0 radical (unpaired) electrons. The fourth-order valence-corrected chi connectivity index (χ4v) is 2.63. The summed E-state index contributed by atoms with van der Waals surface area (Å²) in [5, 5.41) is 4.17. The molecule has 0 spiro atoms. The second-order valence-corrected chi connectivity index (χ2v) is 5.72. The highest BCUT2D eigenvalue weighted by Crippen LogP contribution is 2.20. The molecule has 1 aromatic heterocycles. The summed E-state index contributed by atoms with van der Waals surface area (Å²) in [5.41, 5.74) is 3.88. The molecule has 0 saturated carbocycles. The minimum absolute atomic E-state index is 0.259. The highest BCUT2D eigenvalue weighted by molar-refractivity contribution is 7.97. The molecule has 0 aliphatic heterocycles. The van der Waals surface area contributed by atoms with Crippen LogP contribution in [0.1, 0.15) is 10.4 Å². The monoisotopic (exact) mass is 340 g/mol. The van der Waals surface area contributed by atoms with Gasteiger partial charge in [0.25, 0.3) is 5.91 Å². The Hall–Kier alpha value is -2.77. The molecule has 122 valence electrons. The summed E-state index contributed by atoms with van der Waals surface area (Å²) in [6.45, 7) is 0. The van der Waals surface area contributed by atoms with Crippen LogP contribution in [0.2, 0.25) is 0 Å². The standard InChI is InChI=1S/C17H16N4O2S/c1-23-15-11-13(10-14(12-15)21-9-5-8-18-21)17(22)19-20-24-16-6-3-2-4-7-16/h2-12,20H,1H3,(H,19,22). The largest absolute Gasteiger partial charge is 0.497 e. The Bertz CT molecular complexity index is 807. The van der Waals surface area contributed by atoms with E-state index in [1.807, 2.05) is 42.5 Å². The van der Waals surface area contributed by atoms with E-state index in [4.69, 9.17) is 4.74 Å². The molecule has 0 aliphatic carbocycles. The summed E-state index contributed by atoms with van der Waals surface area (Å²) >= 11 is 1.32. The number of aromatic nitrogens is 2. The predicted octanol–water partition coefficient (Wildman–Crippen LogP) is 2.82. The Morgan fingerprint density at radius 1 is 1.17 bits per heavy atom. The van der Waals surface area contributed by atoms with Crippen LogP contribution in [-0.2, 0) is 0 Å². The van der Waals surface area contributed by atoms with Crippen molar-refractivity contribution in [3.63, 3.8) is 0 Å². The molecule has 0 unspecified atom stereocenters. The second-order valence-electron chi connectivity index (χ2n) is 4.84. The Kier molecular flexibility index (Phi) is 5.15. The normalized spacial score (nSPS) is 10.4. The van der Waals surface area contributed by atoms with Crippen LogP contribution in [0.4, 0.5) is 0 Å². The lowest BCUT2D eigenvalue weighted by molar-refractivity contribution is 0.0946. The molecule has 0 bridgehead atoms. The highest BCUT2D eigenvalue weighted by atomic mass is 32.2. The van der Waals surface area contributed by atoms with Crippen LogP contribution in [0.15, 0.2) is 71.9 Å².